The third-order valence-electron chi connectivity index (χ3n) is 4.33. The Morgan fingerprint density at radius 1 is 0.619 bits per heavy atom. The SMILES string of the molecule is CCCCCCC1(CCCCCC)C(Br)=C(Br)C(Br)=C1Br. The molecule has 0 amide bonds. The van der Waals surface area contributed by atoms with Gasteiger partial charge in [0.25, 0.3) is 0 Å². The van der Waals surface area contributed by atoms with E-state index in [4.69, 9.17) is 0 Å². The first-order valence-corrected chi connectivity index (χ1v) is 11.3. The molecule has 0 N–H and O–H groups in total. The first kappa shape index (κ1) is 20.4. The summed E-state index contributed by atoms with van der Waals surface area (Å²) in [6, 6.07) is 0. The van der Waals surface area contributed by atoms with Crippen LogP contribution in [0.3, 0.4) is 0 Å². The van der Waals surface area contributed by atoms with Gasteiger partial charge in [0.15, 0.2) is 0 Å². The second-order valence-corrected chi connectivity index (χ2v) is 9.13. The summed E-state index contributed by atoms with van der Waals surface area (Å²) in [7, 11) is 0. The van der Waals surface area contributed by atoms with Gasteiger partial charge in [-0.25, -0.2) is 0 Å². The largest absolute Gasteiger partial charge is 0.0654 e. The van der Waals surface area contributed by atoms with Crippen molar-refractivity contribution in [2.24, 2.45) is 5.41 Å². The van der Waals surface area contributed by atoms with Crippen LogP contribution in [-0.4, -0.2) is 0 Å². The van der Waals surface area contributed by atoms with Gasteiger partial charge in [-0.15, -0.1) is 0 Å². The maximum absolute atomic E-state index is 3.88. The molecule has 0 saturated heterocycles. The van der Waals surface area contributed by atoms with Crippen molar-refractivity contribution >= 4 is 63.7 Å². The smallest absolute Gasteiger partial charge is 0.0436 e. The molecule has 0 spiro atoms. The second-order valence-electron chi connectivity index (χ2n) is 5.96. The Bertz CT molecular complexity index is 358. The van der Waals surface area contributed by atoms with E-state index in [0.717, 1.165) is 0 Å². The van der Waals surface area contributed by atoms with Crippen molar-refractivity contribution in [1.29, 1.82) is 0 Å². The summed E-state index contributed by atoms with van der Waals surface area (Å²) >= 11 is 15.2. The number of hydrogen-bond acceptors (Lipinski definition) is 0. The lowest BCUT2D eigenvalue weighted by Crippen LogP contribution is -2.20. The lowest BCUT2D eigenvalue weighted by molar-refractivity contribution is 0.368. The highest BCUT2D eigenvalue weighted by Gasteiger charge is 2.43. The van der Waals surface area contributed by atoms with Gasteiger partial charge < -0.3 is 0 Å². The topological polar surface area (TPSA) is 0 Å². The Labute approximate surface area is 164 Å². The molecule has 0 saturated carbocycles. The number of unbranched alkanes of at least 4 members (excludes halogenated alkanes) is 6. The summed E-state index contributed by atoms with van der Waals surface area (Å²) in [5.41, 5.74) is 0.152. The molecule has 4 heteroatoms. The molecule has 0 aromatic rings. The molecule has 1 aliphatic rings. The standard InChI is InChI=1S/C17H26Br4/c1-3-5-7-9-11-17(12-10-8-6-4-2)15(20)13(18)14(19)16(17)21/h3-12H2,1-2H3. The highest BCUT2D eigenvalue weighted by Crippen LogP contribution is 2.60. The first-order valence-electron chi connectivity index (χ1n) is 8.13. The second kappa shape index (κ2) is 10.3. The van der Waals surface area contributed by atoms with Gasteiger partial charge >= 0.3 is 0 Å². The molecule has 0 unspecified atom stereocenters. The third kappa shape index (κ3) is 5.19. The summed E-state index contributed by atoms with van der Waals surface area (Å²) in [5.74, 6) is 0. The fourth-order valence-corrected chi connectivity index (χ4v) is 6.52. The molecule has 1 aliphatic carbocycles. The zero-order chi connectivity index (χ0) is 15.9. The third-order valence-corrected chi connectivity index (χ3v) is 9.83. The highest BCUT2D eigenvalue weighted by atomic mass is 79.9. The molecule has 21 heavy (non-hydrogen) atoms. The molecule has 0 atom stereocenters. The van der Waals surface area contributed by atoms with E-state index in [9.17, 15) is 0 Å². The summed E-state index contributed by atoms with van der Waals surface area (Å²) in [6.07, 6.45) is 13.0. The highest BCUT2D eigenvalue weighted by molar-refractivity contribution is 9.17. The van der Waals surface area contributed by atoms with Crippen molar-refractivity contribution in [2.45, 2.75) is 78.1 Å². The Kier molecular flexibility index (Phi) is 10.0. The molecule has 0 radical (unpaired) electrons. The molecule has 0 aromatic heterocycles. The van der Waals surface area contributed by atoms with E-state index in [-0.39, 0.29) is 5.41 Å². The van der Waals surface area contributed by atoms with Gasteiger partial charge in [-0.1, -0.05) is 97.1 Å². The van der Waals surface area contributed by atoms with E-state index in [1.54, 1.807) is 0 Å². The monoisotopic (exact) mass is 546 g/mol. The Balaban J connectivity index is 2.80. The normalized spacial score (nSPS) is 18.0. The molecular formula is C17H26Br4. The van der Waals surface area contributed by atoms with Gasteiger partial charge in [0.1, 0.15) is 0 Å². The number of hydrogen-bond donors (Lipinski definition) is 0. The van der Waals surface area contributed by atoms with Crippen LogP contribution < -0.4 is 0 Å². The molecule has 0 fully saturated rings. The summed E-state index contributed by atoms with van der Waals surface area (Å²) < 4.78 is 5.00. The van der Waals surface area contributed by atoms with Gasteiger partial charge in [0.05, 0.1) is 0 Å². The molecule has 0 aromatic carbocycles. The van der Waals surface area contributed by atoms with Crippen molar-refractivity contribution in [3.8, 4) is 0 Å². The minimum atomic E-state index is 0.152. The maximum atomic E-state index is 3.88. The van der Waals surface area contributed by atoms with Crippen LogP contribution >= 0.6 is 63.7 Å². The van der Waals surface area contributed by atoms with Gasteiger partial charge in [0.2, 0.25) is 0 Å². The van der Waals surface area contributed by atoms with Crippen molar-refractivity contribution in [1.82, 2.24) is 0 Å². The summed E-state index contributed by atoms with van der Waals surface area (Å²) in [4.78, 5) is 0. The molecule has 1 rings (SSSR count). The molecule has 0 aliphatic heterocycles. The summed E-state index contributed by atoms with van der Waals surface area (Å²) in [6.45, 7) is 4.55. The van der Waals surface area contributed by atoms with Gasteiger partial charge in [-0.3, -0.25) is 0 Å². The zero-order valence-electron chi connectivity index (χ0n) is 13.1. The van der Waals surface area contributed by atoms with Crippen LogP contribution in [0.4, 0.5) is 0 Å². The number of halogens is 4. The first-order chi connectivity index (χ1) is 10.0. The lowest BCUT2D eigenvalue weighted by Gasteiger charge is -2.31. The fraction of sp³-hybridized carbons (Fsp3) is 0.765. The fourth-order valence-electron chi connectivity index (χ4n) is 2.98. The van der Waals surface area contributed by atoms with Crippen LogP contribution in [0.15, 0.2) is 17.9 Å². The van der Waals surface area contributed by atoms with Crippen LogP contribution in [-0.2, 0) is 0 Å². The average Bonchev–Trinajstić information content (AvgIpc) is 2.64. The molecule has 0 heterocycles. The molecule has 0 bridgehead atoms. The molecular weight excluding hydrogens is 524 g/mol. The Hall–Kier alpha value is 1.40. The Morgan fingerprint density at radius 2 is 1.00 bits per heavy atom. The average molecular weight is 550 g/mol. The van der Waals surface area contributed by atoms with Gasteiger partial charge in [0, 0.05) is 23.3 Å². The number of allylic oxidation sites excluding steroid dienone is 4. The minimum Gasteiger partial charge on any atom is -0.0654 e. The van der Waals surface area contributed by atoms with Crippen LogP contribution in [0, 0.1) is 5.41 Å². The quantitative estimate of drug-likeness (QED) is 0.239. The van der Waals surface area contributed by atoms with E-state index in [1.807, 2.05) is 0 Å². The van der Waals surface area contributed by atoms with Gasteiger partial charge in [-0.05, 0) is 44.7 Å². The number of rotatable bonds is 10. The van der Waals surface area contributed by atoms with E-state index in [2.05, 4.69) is 77.6 Å². The lowest BCUT2D eigenvalue weighted by atomic mass is 9.79. The maximum Gasteiger partial charge on any atom is 0.0436 e. The molecule has 122 valence electrons. The predicted molar refractivity (Wildman–Crippen MR) is 110 cm³/mol. The van der Waals surface area contributed by atoms with Crippen molar-refractivity contribution in [3.05, 3.63) is 17.9 Å². The van der Waals surface area contributed by atoms with E-state index < -0.39 is 0 Å². The van der Waals surface area contributed by atoms with E-state index >= 15 is 0 Å². The summed E-state index contributed by atoms with van der Waals surface area (Å²) in [5, 5.41) is 0. The van der Waals surface area contributed by atoms with Crippen molar-refractivity contribution in [2.75, 3.05) is 0 Å². The van der Waals surface area contributed by atoms with Crippen LogP contribution in [0.25, 0.3) is 0 Å². The van der Waals surface area contributed by atoms with Crippen molar-refractivity contribution in [3.63, 3.8) is 0 Å². The minimum absolute atomic E-state index is 0.152. The van der Waals surface area contributed by atoms with Crippen molar-refractivity contribution < 1.29 is 0 Å². The van der Waals surface area contributed by atoms with Gasteiger partial charge in [-0.2, -0.15) is 0 Å². The predicted octanol–water partition coefficient (Wildman–Crippen LogP) is 8.93. The Morgan fingerprint density at radius 3 is 1.33 bits per heavy atom. The molecule has 0 nitrogen and oxygen atoms in total. The van der Waals surface area contributed by atoms with Crippen LogP contribution in [0.5, 0.6) is 0 Å². The van der Waals surface area contributed by atoms with E-state index in [1.165, 1.54) is 82.1 Å². The zero-order valence-corrected chi connectivity index (χ0v) is 19.4. The van der Waals surface area contributed by atoms with Crippen LogP contribution in [0.2, 0.25) is 0 Å². The van der Waals surface area contributed by atoms with Crippen LogP contribution in [0.1, 0.15) is 78.1 Å². The van der Waals surface area contributed by atoms with E-state index in [0.29, 0.717) is 0 Å².